The quantitative estimate of drug-likeness (QED) is 0.145. The Hall–Kier alpha value is -0.580. The van der Waals surface area contributed by atoms with Gasteiger partial charge in [-0.25, -0.2) is 8.78 Å². The molecule has 0 amide bonds. The highest BCUT2D eigenvalue weighted by molar-refractivity contribution is 9.09. The van der Waals surface area contributed by atoms with E-state index in [9.17, 15) is 17.6 Å². The molecule has 1 aromatic carbocycles. The molecule has 0 atom stereocenters. The van der Waals surface area contributed by atoms with Crippen LogP contribution in [0.25, 0.3) is 0 Å². The van der Waals surface area contributed by atoms with Crippen LogP contribution in [-0.4, -0.2) is 0 Å². The van der Waals surface area contributed by atoms with Gasteiger partial charge in [0, 0.05) is 0 Å². The fraction of sp³-hybridized carbons (Fsp3) is 0.812. The highest BCUT2D eigenvalue weighted by Crippen LogP contribution is 2.45. The van der Waals surface area contributed by atoms with Crippen LogP contribution < -0.4 is 0 Å². The molecule has 0 bridgehead atoms. The molecule has 5 heteroatoms. The van der Waals surface area contributed by atoms with Gasteiger partial charge in [-0.3, -0.25) is 0 Å². The molecule has 4 rings (SSSR count). The molecule has 0 saturated heterocycles. The summed E-state index contributed by atoms with van der Waals surface area (Å²) in [4.78, 5) is -3.69. The van der Waals surface area contributed by atoms with Gasteiger partial charge in [-0.2, -0.15) is 8.78 Å². The third-order valence-corrected chi connectivity index (χ3v) is 10.7. The highest BCUT2D eigenvalue weighted by Gasteiger charge is 2.36. The van der Waals surface area contributed by atoms with Gasteiger partial charge in [-0.1, -0.05) is 71.1 Å². The van der Waals surface area contributed by atoms with Crippen LogP contribution in [0.4, 0.5) is 17.6 Å². The maximum atomic E-state index is 14.2. The van der Waals surface area contributed by atoms with Gasteiger partial charge in [0.2, 0.25) is 0 Å². The van der Waals surface area contributed by atoms with Crippen molar-refractivity contribution in [3.05, 3.63) is 34.9 Å². The third-order valence-electron chi connectivity index (χ3n) is 10.3. The van der Waals surface area contributed by atoms with E-state index in [1.807, 2.05) is 0 Å². The fourth-order valence-electron chi connectivity index (χ4n) is 7.93. The Kier molecular flexibility index (Phi) is 10.9. The Balaban J connectivity index is 1.14. The van der Waals surface area contributed by atoms with Crippen molar-refractivity contribution in [2.75, 3.05) is 0 Å². The van der Waals surface area contributed by atoms with E-state index < -0.39 is 22.0 Å². The van der Waals surface area contributed by atoms with Gasteiger partial charge < -0.3 is 0 Å². The average Bonchev–Trinajstić information content (AvgIpc) is 2.87. The van der Waals surface area contributed by atoms with E-state index in [0.29, 0.717) is 11.5 Å². The molecule has 3 aliphatic carbocycles. The molecule has 0 unspecified atom stereocenters. The van der Waals surface area contributed by atoms with Crippen molar-refractivity contribution in [1.29, 1.82) is 0 Å². The molecule has 0 aromatic heterocycles. The molecule has 0 spiro atoms. The number of hydrogen-bond donors (Lipinski definition) is 0. The monoisotopic (exact) mass is 586 g/mol. The lowest BCUT2D eigenvalue weighted by atomic mass is 9.67. The van der Waals surface area contributed by atoms with Crippen molar-refractivity contribution in [2.45, 2.75) is 133 Å². The van der Waals surface area contributed by atoms with Gasteiger partial charge >= 0.3 is 4.83 Å². The largest absolute Gasteiger partial charge is 0.332 e. The molecule has 0 aliphatic heterocycles. The second-order valence-electron chi connectivity index (χ2n) is 12.7. The number of unbranched alkanes of at least 4 members (excludes halogenated alkanes) is 2. The minimum absolute atomic E-state index is 0.0652. The average molecular weight is 588 g/mol. The number of halogens is 5. The standard InChI is InChI=1S/C32H47BrF4/c1-2-3-4-5-22-8-14-25(15-9-22)26-16-10-23(11-17-26)6-7-24-12-18-27(19-13-24)28-20-29(34)31(30(35)21-28)32(33,36)37/h20-27H,2-19H2,1H3. The zero-order valence-corrected chi connectivity index (χ0v) is 24.3. The molecule has 3 fully saturated rings. The van der Waals surface area contributed by atoms with E-state index in [1.165, 1.54) is 89.9 Å². The van der Waals surface area contributed by atoms with Crippen LogP contribution in [0.15, 0.2) is 12.1 Å². The summed E-state index contributed by atoms with van der Waals surface area (Å²) >= 11 is 2.09. The fourth-order valence-corrected chi connectivity index (χ4v) is 8.31. The van der Waals surface area contributed by atoms with Gasteiger partial charge in [-0.15, -0.1) is 0 Å². The summed E-state index contributed by atoms with van der Waals surface area (Å²) in [6, 6.07) is 2.24. The third kappa shape index (κ3) is 8.21. The minimum Gasteiger partial charge on any atom is -0.206 e. The summed E-state index contributed by atoms with van der Waals surface area (Å²) in [7, 11) is 0. The predicted octanol–water partition coefficient (Wildman–Crippen LogP) is 11.7. The van der Waals surface area contributed by atoms with E-state index in [1.54, 1.807) is 0 Å². The van der Waals surface area contributed by atoms with E-state index >= 15 is 0 Å². The lowest BCUT2D eigenvalue weighted by Crippen LogP contribution is -2.26. The SMILES string of the molecule is CCCCCC1CCC(C2CCC(CCC3CCC(c4cc(F)c(C(F)(F)Br)c(F)c4)CC3)CC2)CC1. The normalized spacial score (nSPS) is 31.4. The number of rotatable bonds is 10. The molecule has 0 N–H and O–H groups in total. The Bertz CT molecular complexity index is 803. The Morgan fingerprint density at radius 3 is 1.54 bits per heavy atom. The maximum absolute atomic E-state index is 14.2. The van der Waals surface area contributed by atoms with E-state index in [0.717, 1.165) is 61.5 Å². The summed E-state index contributed by atoms with van der Waals surface area (Å²) in [5.41, 5.74) is -0.656. The van der Waals surface area contributed by atoms with Crippen LogP contribution in [0.2, 0.25) is 0 Å². The van der Waals surface area contributed by atoms with Crippen LogP contribution in [0.1, 0.15) is 140 Å². The van der Waals surface area contributed by atoms with Crippen molar-refractivity contribution >= 4 is 15.9 Å². The van der Waals surface area contributed by atoms with Crippen LogP contribution in [0, 0.1) is 41.2 Å². The molecule has 37 heavy (non-hydrogen) atoms. The molecular weight excluding hydrogens is 540 g/mol. The molecule has 0 nitrogen and oxygen atoms in total. The van der Waals surface area contributed by atoms with Crippen molar-refractivity contribution in [1.82, 2.24) is 0 Å². The molecular formula is C32H47BrF4. The summed E-state index contributed by atoms with van der Waals surface area (Å²) in [5, 5.41) is 0. The summed E-state index contributed by atoms with van der Waals surface area (Å²) in [6.45, 7) is 2.30. The van der Waals surface area contributed by atoms with Crippen LogP contribution >= 0.6 is 15.9 Å². The van der Waals surface area contributed by atoms with Crippen molar-refractivity contribution < 1.29 is 17.6 Å². The lowest BCUT2D eigenvalue weighted by Gasteiger charge is -2.38. The summed E-state index contributed by atoms with van der Waals surface area (Å²) in [5.74, 6) is 2.28. The smallest absolute Gasteiger partial charge is 0.206 e. The summed E-state index contributed by atoms with van der Waals surface area (Å²) < 4.78 is 55.4. The molecule has 3 aliphatic rings. The van der Waals surface area contributed by atoms with E-state index in [2.05, 4.69) is 22.9 Å². The molecule has 1 aromatic rings. The Morgan fingerprint density at radius 2 is 1.11 bits per heavy atom. The van der Waals surface area contributed by atoms with Crippen LogP contribution in [0.3, 0.4) is 0 Å². The number of alkyl halides is 3. The minimum atomic E-state index is -3.69. The first-order valence-electron chi connectivity index (χ1n) is 15.3. The zero-order chi connectivity index (χ0) is 26.4. The first-order valence-corrected chi connectivity index (χ1v) is 16.1. The van der Waals surface area contributed by atoms with Crippen LogP contribution in [-0.2, 0) is 4.83 Å². The van der Waals surface area contributed by atoms with Gasteiger partial charge in [0.05, 0.1) is 0 Å². The summed E-state index contributed by atoms with van der Waals surface area (Å²) in [6.07, 6.45) is 23.7. The lowest BCUT2D eigenvalue weighted by molar-refractivity contribution is 0.105. The number of benzene rings is 1. The van der Waals surface area contributed by atoms with E-state index in [-0.39, 0.29) is 5.92 Å². The highest BCUT2D eigenvalue weighted by atomic mass is 79.9. The molecule has 3 saturated carbocycles. The second kappa shape index (κ2) is 13.7. The van der Waals surface area contributed by atoms with Gasteiger partial charge in [0.1, 0.15) is 17.2 Å². The van der Waals surface area contributed by atoms with Crippen molar-refractivity contribution in [3.8, 4) is 0 Å². The molecule has 210 valence electrons. The van der Waals surface area contributed by atoms with Crippen molar-refractivity contribution in [3.63, 3.8) is 0 Å². The van der Waals surface area contributed by atoms with Gasteiger partial charge in [-0.05, 0) is 121 Å². The molecule has 0 heterocycles. The molecule has 0 radical (unpaired) electrons. The van der Waals surface area contributed by atoms with Gasteiger partial charge in [0.25, 0.3) is 0 Å². The Labute approximate surface area is 230 Å². The second-order valence-corrected chi connectivity index (χ2v) is 13.7. The topological polar surface area (TPSA) is 0 Å². The van der Waals surface area contributed by atoms with Crippen molar-refractivity contribution in [2.24, 2.45) is 29.6 Å². The zero-order valence-electron chi connectivity index (χ0n) is 22.7. The van der Waals surface area contributed by atoms with Gasteiger partial charge in [0.15, 0.2) is 0 Å². The first-order chi connectivity index (χ1) is 17.7. The maximum Gasteiger partial charge on any atom is 0.332 e. The Morgan fingerprint density at radius 1 is 0.676 bits per heavy atom. The van der Waals surface area contributed by atoms with E-state index in [4.69, 9.17) is 0 Å². The van der Waals surface area contributed by atoms with Crippen LogP contribution in [0.5, 0.6) is 0 Å². The first kappa shape index (κ1) is 29.4. The predicted molar refractivity (Wildman–Crippen MR) is 148 cm³/mol. The number of hydrogen-bond acceptors (Lipinski definition) is 0.